The van der Waals surface area contributed by atoms with Gasteiger partial charge in [-0.05, 0) is 49.1 Å². The molecule has 27 heavy (non-hydrogen) atoms. The van der Waals surface area contributed by atoms with Crippen LogP contribution in [0.3, 0.4) is 0 Å². The van der Waals surface area contributed by atoms with Gasteiger partial charge in [-0.2, -0.15) is 5.26 Å². The highest BCUT2D eigenvalue weighted by atomic mass is 35.5. The zero-order chi connectivity index (χ0) is 20.1. The summed E-state index contributed by atoms with van der Waals surface area (Å²) in [4.78, 5) is 26.7. The van der Waals surface area contributed by atoms with Crippen molar-refractivity contribution in [1.82, 2.24) is 10.3 Å². The van der Waals surface area contributed by atoms with Crippen LogP contribution in [0, 0.1) is 25.2 Å². The van der Waals surface area contributed by atoms with Crippen LogP contribution in [0.15, 0.2) is 23.0 Å². The number of H-pyrrole nitrogens is 1. The maximum Gasteiger partial charge on any atom is 0.266 e. The Morgan fingerprint density at radius 2 is 1.93 bits per heavy atom. The molecule has 0 bridgehead atoms. The lowest BCUT2D eigenvalue weighted by Gasteiger charge is -2.16. The molecule has 0 aliphatic heterocycles. The number of nitriles is 1. The fourth-order valence-corrected chi connectivity index (χ4v) is 3.87. The van der Waals surface area contributed by atoms with Gasteiger partial charge in [0.25, 0.3) is 5.56 Å². The summed E-state index contributed by atoms with van der Waals surface area (Å²) < 4.78 is 0. The maximum absolute atomic E-state index is 12.3. The van der Waals surface area contributed by atoms with Gasteiger partial charge in [-0.15, -0.1) is 0 Å². The number of benzene rings is 1. The van der Waals surface area contributed by atoms with Gasteiger partial charge in [-0.1, -0.05) is 36.2 Å². The molecule has 2 N–H and O–H groups in total. The molecule has 0 spiro atoms. The molecule has 0 aliphatic carbocycles. The number of nitrogens with one attached hydrogen (secondary N) is 2. The third-order valence-corrected chi connectivity index (χ3v) is 5.28. The zero-order valence-corrected chi connectivity index (χ0v) is 17.0. The summed E-state index contributed by atoms with van der Waals surface area (Å²) >= 11 is 12.4. The second kappa shape index (κ2) is 9.07. The first kappa shape index (κ1) is 21.0. The highest BCUT2D eigenvalue weighted by Crippen LogP contribution is 2.30. The SMILES string of the molecule is Cc1[nH]c(=O)c(C#N)c(C)c1CCC(=O)NCC(C)c1c(Cl)cccc1Cl. The van der Waals surface area contributed by atoms with Crippen LogP contribution in [0.4, 0.5) is 0 Å². The molecule has 142 valence electrons. The van der Waals surface area contributed by atoms with Crippen molar-refractivity contribution < 1.29 is 4.79 Å². The van der Waals surface area contributed by atoms with Gasteiger partial charge in [0.1, 0.15) is 11.6 Å². The minimum Gasteiger partial charge on any atom is -0.355 e. The Bertz CT molecular complexity index is 941. The number of aryl methyl sites for hydroxylation is 1. The average Bonchev–Trinajstić information content (AvgIpc) is 2.59. The molecule has 2 aromatic rings. The van der Waals surface area contributed by atoms with E-state index >= 15 is 0 Å². The quantitative estimate of drug-likeness (QED) is 0.760. The summed E-state index contributed by atoms with van der Waals surface area (Å²) in [6.07, 6.45) is 0.692. The van der Waals surface area contributed by atoms with Gasteiger partial charge in [0.05, 0.1) is 0 Å². The first-order chi connectivity index (χ1) is 12.8. The summed E-state index contributed by atoms with van der Waals surface area (Å²) in [5, 5.41) is 13.2. The molecule has 5 nitrogen and oxygen atoms in total. The number of hydrogen-bond acceptors (Lipinski definition) is 3. The van der Waals surface area contributed by atoms with Crippen LogP contribution < -0.4 is 10.9 Å². The molecule has 0 saturated heterocycles. The number of rotatable bonds is 6. The third-order valence-electron chi connectivity index (χ3n) is 4.62. The van der Waals surface area contributed by atoms with Crippen molar-refractivity contribution in [2.45, 2.75) is 39.5 Å². The first-order valence-corrected chi connectivity index (χ1v) is 9.34. The van der Waals surface area contributed by atoms with Crippen molar-refractivity contribution >= 4 is 29.1 Å². The van der Waals surface area contributed by atoms with Gasteiger partial charge >= 0.3 is 0 Å². The third kappa shape index (κ3) is 4.91. The molecule has 1 heterocycles. The smallest absolute Gasteiger partial charge is 0.266 e. The van der Waals surface area contributed by atoms with Gasteiger partial charge in [-0.25, -0.2) is 0 Å². The van der Waals surface area contributed by atoms with E-state index in [4.69, 9.17) is 28.5 Å². The van der Waals surface area contributed by atoms with E-state index in [9.17, 15) is 9.59 Å². The van der Waals surface area contributed by atoms with E-state index in [1.54, 1.807) is 32.0 Å². The van der Waals surface area contributed by atoms with Crippen LogP contribution >= 0.6 is 23.2 Å². The molecule has 0 radical (unpaired) electrons. The van der Waals surface area contributed by atoms with Crippen LogP contribution in [0.2, 0.25) is 10.0 Å². The molecular formula is C20H21Cl2N3O2. The van der Waals surface area contributed by atoms with E-state index in [1.165, 1.54) is 0 Å². The second-order valence-corrected chi connectivity index (χ2v) is 7.32. The number of nitrogens with zero attached hydrogens (tertiary/aromatic N) is 1. The van der Waals surface area contributed by atoms with Crippen LogP contribution in [-0.2, 0) is 11.2 Å². The van der Waals surface area contributed by atoms with Crippen molar-refractivity contribution in [2.24, 2.45) is 0 Å². The van der Waals surface area contributed by atoms with E-state index in [0.29, 0.717) is 34.3 Å². The van der Waals surface area contributed by atoms with Crippen LogP contribution in [0.25, 0.3) is 0 Å². The van der Waals surface area contributed by atoms with Gasteiger partial charge in [0.2, 0.25) is 5.91 Å². The molecule has 1 aromatic heterocycles. The van der Waals surface area contributed by atoms with Gasteiger partial charge in [-0.3, -0.25) is 9.59 Å². The molecule has 0 aliphatic rings. The number of halogens is 2. The predicted molar refractivity (Wildman–Crippen MR) is 107 cm³/mol. The Morgan fingerprint density at radius 3 is 2.52 bits per heavy atom. The maximum atomic E-state index is 12.3. The summed E-state index contributed by atoms with van der Waals surface area (Å²) in [5.74, 6) is -0.148. The van der Waals surface area contributed by atoms with Crippen LogP contribution in [0.5, 0.6) is 0 Å². The standard InChI is InChI=1S/C20H21Cl2N3O2/c1-11(19-16(21)5-4-6-17(19)22)10-24-18(26)8-7-14-12(2)15(9-23)20(27)25-13(14)3/h4-6,11H,7-8,10H2,1-3H3,(H,24,26)(H,25,27). The van der Waals surface area contributed by atoms with Gasteiger partial charge in [0.15, 0.2) is 0 Å². The lowest BCUT2D eigenvalue weighted by atomic mass is 9.98. The molecule has 1 atom stereocenters. The van der Waals surface area contributed by atoms with Gasteiger partial charge < -0.3 is 10.3 Å². The largest absolute Gasteiger partial charge is 0.355 e. The highest BCUT2D eigenvalue weighted by molar-refractivity contribution is 6.36. The second-order valence-electron chi connectivity index (χ2n) is 6.51. The van der Waals surface area contributed by atoms with E-state index in [2.05, 4.69) is 10.3 Å². The fraction of sp³-hybridized carbons (Fsp3) is 0.350. The highest BCUT2D eigenvalue weighted by Gasteiger charge is 2.16. The molecule has 1 amide bonds. The molecule has 7 heteroatoms. The van der Waals surface area contributed by atoms with E-state index in [-0.39, 0.29) is 23.8 Å². The topological polar surface area (TPSA) is 85.8 Å². The number of amides is 1. The van der Waals surface area contributed by atoms with E-state index in [1.807, 2.05) is 13.0 Å². The molecule has 0 saturated carbocycles. The van der Waals surface area contributed by atoms with E-state index < -0.39 is 5.56 Å². The van der Waals surface area contributed by atoms with Crippen molar-refractivity contribution in [3.05, 3.63) is 66.5 Å². The number of carbonyl (C=O) groups excluding carboxylic acids is 1. The molecule has 1 aromatic carbocycles. The number of carbonyl (C=O) groups is 1. The molecule has 2 rings (SSSR count). The summed E-state index contributed by atoms with van der Waals surface area (Å²) in [7, 11) is 0. The summed E-state index contributed by atoms with van der Waals surface area (Å²) in [6.45, 7) is 5.86. The number of aromatic nitrogens is 1. The first-order valence-electron chi connectivity index (χ1n) is 8.59. The molecule has 1 unspecified atom stereocenters. The van der Waals surface area contributed by atoms with Crippen molar-refractivity contribution in [3.8, 4) is 6.07 Å². The minimum atomic E-state index is -0.397. The predicted octanol–water partition coefficient (Wildman–Crippen LogP) is 4.02. The number of hydrogen-bond donors (Lipinski definition) is 2. The summed E-state index contributed by atoms with van der Waals surface area (Å²) in [5.41, 5.74) is 2.64. The van der Waals surface area contributed by atoms with Crippen molar-refractivity contribution in [3.63, 3.8) is 0 Å². The van der Waals surface area contributed by atoms with E-state index in [0.717, 1.165) is 11.1 Å². The number of pyridine rings is 1. The van der Waals surface area contributed by atoms with Crippen LogP contribution in [-0.4, -0.2) is 17.4 Å². The Morgan fingerprint density at radius 1 is 1.30 bits per heavy atom. The van der Waals surface area contributed by atoms with Crippen molar-refractivity contribution in [2.75, 3.05) is 6.54 Å². The Kier molecular flexibility index (Phi) is 7.06. The Labute approximate surface area is 168 Å². The molecule has 0 fully saturated rings. The Balaban J connectivity index is 2.00. The van der Waals surface area contributed by atoms with Crippen LogP contribution in [0.1, 0.15) is 47.2 Å². The lowest BCUT2D eigenvalue weighted by Crippen LogP contribution is -2.28. The average molecular weight is 406 g/mol. The Hall–Kier alpha value is -2.29. The lowest BCUT2D eigenvalue weighted by molar-refractivity contribution is -0.121. The monoisotopic (exact) mass is 405 g/mol. The van der Waals surface area contributed by atoms with Gasteiger partial charge in [0, 0.05) is 34.6 Å². The number of aromatic amines is 1. The normalized spacial score (nSPS) is 11.7. The zero-order valence-electron chi connectivity index (χ0n) is 15.5. The molecular weight excluding hydrogens is 385 g/mol. The fourth-order valence-electron chi connectivity index (χ4n) is 3.10. The van der Waals surface area contributed by atoms with Crippen molar-refractivity contribution in [1.29, 1.82) is 5.26 Å². The minimum absolute atomic E-state index is 0.0307. The summed E-state index contributed by atoms with van der Waals surface area (Å²) in [6, 6.07) is 7.25.